The number of aromatic nitrogens is 3. The number of hydrogen-bond acceptors (Lipinski definition) is 6. The van der Waals surface area contributed by atoms with Crippen molar-refractivity contribution in [2.24, 2.45) is 0 Å². The fraction of sp³-hybridized carbons (Fsp3) is 0.407. The number of rotatable bonds is 5. The van der Waals surface area contributed by atoms with Gasteiger partial charge in [0.2, 0.25) is 5.95 Å². The van der Waals surface area contributed by atoms with Crippen molar-refractivity contribution in [3.8, 4) is 11.1 Å². The van der Waals surface area contributed by atoms with Gasteiger partial charge in [-0.2, -0.15) is 13.2 Å². The zero-order valence-electron chi connectivity index (χ0n) is 21.2. The molecule has 0 radical (unpaired) electrons. The Hall–Kier alpha value is -3.69. The smallest absolute Gasteiger partial charge is 0.433 e. The first kappa shape index (κ1) is 26.4. The second-order valence-electron chi connectivity index (χ2n) is 9.56. The first-order valence-corrected chi connectivity index (χ1v) is 12.1. The number of hydrogen-bond donors (Lipinski definition) is 2. The summed E-state index contributed by atoms with van der Waals surface area (Å²) in [5, 5.41) is 2.85. The van der Waals surface area contributed by atoms with E-state index in [1.165, 1.54) is 7.11 Å². The van der Waals surface area contributed by atoms with Gasteiger partial charge in [0, 0.05) is 23.1 Å². The number of methoxy groups -OCH3 is 1. The number of nitrogens with one attached hydrogen (secondary N) is 2. The zero-order chi connectivity index (χ0) is 27.0. The number of carbonyl (C=O) groups is 1. The van der Waals surface area contributed by atoms with Gasteiger partial charge in [0.15, 0.2) is 0 Å². The first-order chi connectivity index (χ1) is 17.5. The van der Waals surface area contributed by atoms with Crippen LogP contribution in [0.25, 0.3) is 11.1 Å². The lowest BCUT2D eigenvalue weighted by atomic mass is 9.69. The summed E-state index contributed by atoms with van der Waals surface area (Å²) in [5.74, 6) is -0.563. The van der Waals surface area contributed by atoms with Gasteiger partial charge in [0.1, 0.15) is 11.1 Å². The molecule has 1 aliphatic rings. The molecule has 0 aliphatic heterocycles. The number of anilines is 2. The average molecular weight is 515 g/mol. The number of nitrogens with zero attached hydrogens (tertiary/aromatic N) is 2. The molecule has 0 amide bonds. The molecule has 0 saturated heterocycles. The topological polar surface area (TPSA) is 97.0 Å². The van der Waals surface area contributed by atoms with Crippen molar-refractivity contribution in [3.63, 3.8) is 0 Å². The number of alkyl halides is 3. The minimum Gasteiger partial charge on any atom is -0.468 e. The molecule has 37 heavy (non-hydrogen) atoms. The van der Waals surface area contributed by atoms with Gasteiger partial charge >= 0.3 is 12.1 Å². The predicted molar refractivity (Wildman–Crippen MR) is 134 cm³/mol. The molecule has 1 saturated carbocycles. The second-order valence-corrected chi connectivity index (χ2v) is 9.56. The van der Waals surface area contributed by atoms with E-state index < -0.39 is 17.3 Å². The number of aryl methyl sites for hydroxylation is 1. The van der Waals surface area contributed by atoms with Crippen molar-refractivity contribution in [2.45, 2.75) is 64.5 Å². The first-order valence-electron chi connectivity index (χ1n) is 12.1. The summed E-state index contributed by atoms with van der Waals surface area (Å²) in [6.07, 6.45) is 0.291. The quantitative estimate of drug-likeness (QED) is 0.412. The summed E-state index contributed by atoms with van der Waals surface area (Å²) >= 11 is 0. The number of pyridine rings is 1. The third-order valence-corrected chi connectivity index (χ3v) is 7.03. The van der Waals surface area contributed by atoms with Gasteiger partial charge < -0.3 is 15.0 Å². The Morgan fingerprint density at radius 3 is 2.43 bits per heavy atom. The third-order valence-electron chi connectivity index (χ3n) is 7.03. The maximum absolute atomic E-state index is 13.1. The van der Waals surface area contributed by atoms with Crippen molar-refractivity contribution in [3.05, 3.63) is 68.9 Å². The molecule has 2 aromatic heterocycles. The van der Waals surface area contributed by atoms with Crippen LogP contribution in [0.2, 0.25) is 0 Å². The van der Waals surface area contributed by atoms with Gasteiger partial charge in [-0.05, 0) is 74.1 Å². The van der Waals surface area contributed by atoms with Crippen LogP contribution in [-0.2, 0) is 21.1 Å². The minimum absolute atomic E-state index is 0.196. The van der Waals surface area contributed by atoms with Gasteiger partial charge in [-0.3, -0.25) is 9.59 Å². The molecule has 10 heteroatoms. The fourth-order valence-corrected chi connectivity index (χ4v) is 5.34. The van der Waals surface area contributed by atoms with Gasteiger partial charge in [-0.25, -0.2) is 9.97 Å². The van der Waals surface area contributed by atoms with E-state index in [1.54, 1.807) is 19.1 Å². The summed E-state index contributed by atoms with van der Waals surface area (Å²) in [5.41, 5.74) is 2.14. The van der Waals surface area contributed by atoms with Gasteiger partial charge in [-0.15, -0.1) is 0 Å². The second kappa shape index (κ2) is 9.99. The summed E-state index contributed by atoms with van der Waals surface area (Å²) < 4.78 is 44.5. The van der Waals surface area contributed by atoms with E-state index >= 15 is 0 Å². The lowest BCUT2D eigenvalue weighted by molar-refractivity contribution is -0.149. The van der Waals surface area contributed by atoms with E-state index in [0.717, 1.165) is 42.7 Å². The highest BCUT2D eigenvalue weighted by Crippen LogP contribution is 2.43. The van der Waals surface area contributed by atoms with E-state index in [0.29, 0.717) is 40.9 Å². The summed E-state index contributed by atoms with van der Waals surface area (Å²) in [6, 6.07) is 6.19. The van der Waals surface area contributed by atoms with E-state index in [9.17, 15) is 22.8 Å². The summed E-state index contributed by atoms with van der Waals surface area (Å²) in [6.45, 7) is 5.43. The van der Waals surface area contributed by atoms with Gasteiger partial charge in [0.05, 0.1) is 7.11 Å². The highest BCUT2D eigenvalue weighted by Gasteiger charge is 2.45. The standard InChI is InChI=1S/C27H29F3N4O3/c1-15-12-18(14-19(13-15)32-25-31-11-8-20(33-25)27(28,29)30)21-16(2)22(34-23(35)17(21)3)26(24(36)37-4)9-6-5-7-10-26/h8,11-14H,5-7,9-10H2,1-4H3,(H,34,35)(H,31,32,33). The lowest BCUT2D eigenvalue weighted by Crippen LogP contribution is -2.42. The summed E-state index contributed by atoms with van der Waals surface area (Å²) in [4.78, 5) is 36.6. The van der Waals surface area contributed by atoms with Crippen LogP contribution in [0.15, 0.2) is 35.3 Å². The fourth-order valence-electron chi connectivity index (χ4n) is 5.34. The van der Waals surface area contributed by atoms with Crippen molar-refractivity contribution in [1.82, 2.24) is 15.0 Å². The predicted octanol–water partition coefficient (Wildman–Crippen LogP) is 5.89. The Morgan fingerprint density at radius 2 is 1.78 bits per heavy atom. The van der Waals surface area contributed by atoms with Gasteiger partial charge in [-0.1, -0.05) is 25.3 Å². The number of carbonyl (C=O) groups excluding carboxylic acids is 1. The number of aromatic amines is 1. The molecule has 2 N–H and O–H groups in total. The number of halogens is 3. The average Bonchev–Trinajstić information content (AvgIpc) is 2.85. The third kappa shape index (κ3) is 5.10. The largest absolute Gasteiger partial charge is 0.468 e. The van der Waals surface area contributed by atoms with E-state index in [2.05, 4.69) is 20.3 Å². The number of benzene rings is 1. The Labute approximate surface area is 212 Å². The molecule has 1 aromatic carbocycles. The van der Waals surface area contributed by atoms with Crippen LogP contribution in [0.3, 0.4) is 0 Å². The van der Waals surface area contributed by atoms with Gasteiger partial charge in [0.25, 0.3) is 5.56 Å². The lowest BCUT2D eigenvalue weighted by Gasteiger charge is -2.36. The highest BCUT2D eigenvalue weighted by atomic mass is 19.4. The van der Waals surface area contributed by atoms with Crippen molar-refractivity contribution < 1.29 is 22.7 Å². The minimum atomic E-state index is -4.60. The normalized spacial score (nSPS) is 15.3. The molecular formula is C27H29F3N4O3. The van der Waals surface area contributed by atoms with Crippen LogP contribution >= 0.6 is 0 Å². The molecule has 0 unspecified atom stereocenters. The summed E-state index contributed by atoms with van der Waals surface area (Å²) in [7, 11) is 1.36. The Kier molecular flexibility index (Phi) is 7.12. The Morgan fingerprint density at radius 1 is 1.08 bits per heavy atom. The highest BCUT2D eigenvalue weighted by molar-refractivity contribution is 5.85. The maximum atomic E-state index is 13.1. The number of esters is 1. The molecule has 7 nitrogen and oxygen atoms in total. The number of ether oxygens (including phenoxy) is 1. The molecular weight excluding hydrogens is 485 g/mol. The van der Waals surface area contributed by atoms with E-state index in [1.807, 2.05) is 19.9 Å². The number of H-pyrrole nitrogens is 1. The maximum Gasteiger partial charge on any atom is 0.433 e. The molecule has 1 fully saturated rings. The SMILES string of the molecule is COC(=O)C1(c2[nH]c(=O)c(C)c(-c3cc(C)cc(Nc4nccc(C(F)(F)F)n4)c3)c2C)CCCCC1. The molecule has 0 spiro atoms. The monoisotopic (exact) mass is 514 g/mol. The molecule has 196 valence electrons. The molecule has 2 heterocycles. The van der Waals surface area contributed by atoms with Crippen molar-refractivity contribution >= 4 is 17.6 Å². The molecule has 0 atom stereocenters. The Bertz CT molecular complexity index is 1390. The molecule has 1 aliphatic carbocycles. The Balaban J connectivity index is 1.83. The van der Waals surface area contributed by atoms with Crippen LogP contribution in [0.1, 0.15) is 60.2 Å². The zero-order valence-corrected chi connectivity index (χ0v) is 21.2. The van der Waals surface area contributed by atoms with Crippen molar-refractivity contribution in [1.29, 1.82) is 0 Å². The van der Waals surface area contributed by atoms with Crippen LogP contribution in [-0.4, -0.2) is 28.0 Å². The molecule has 0 bridgehead atoms. The van der Waals surface area contributed by atoms with E-state index in [-0.39, 0.29) is 17.5 Å². The van der Waals surface area contributed by atoms with Crippen LogP contribution in [0.5, 0.6) is 0 Å². The van der Waals surface area contributed by atoms with Crippen LogP contribution < -0.4 is 10.9 Å². The van der Waals surface area contributed by atoms with Crippen molar-refractivity contribution in [2.75, 3.05) is 12.4 Å². The van der Waals surface area contributed by atoms with Crippen LogP contribution in [0.4, 0.5) is 24.8 Å². The van der Waals surface area contributed by atoms with E-state index in [4.69, 9.17) is 4.74 Å². The molecule has 4 rings (SSSR count). The van der Waals surface area contributed by atoms with Crippen LogP contribution in [0, 0.1) is 20.8 Å². The molecule has 3 aromatic rings.